The van der Waals surface area contributed by atoms with Gasteiger partial charge in [0.1, 0.15) is 6.61 Å². The third kappa shape index (κ3) is 16.3. The van der Waals surface area contributed by atoms with E-state index in [1.165, 1.54) is 19.3 Å². The van der Waals surface area contributed by atoms with Crippen molar-refractivity contribution in [3.8, 4) is 0 Å². The fourth-order valence-electron chi connectivity index (χ4n) is 2.34. The topological polar surface area (TPSA) is 128 Å². The van der Waals surface area contributed by atoms with Gasteiger partial charge in [-0.1, -0.05) is 0 Å². The van der Waals surface area contributed by atoms with Crippen LogP contribution < -0.4 is 0 Å². The zero-order valence-corrected chi connectivity index (χ0v) is 19.2. The van der Waals surface area contributed by atoms with Crippen molar-refractivity contribution in [2.45, 2.75) is 0 Å². The number of methoxy groups -OCH3 is 1. The van der Waals surface area contributed by atoms with E-state index in [1.54, 1.807) is 0 Å². The van der Waals surface area contributed by atoms with Crippen LogP contribution in [0.15, 0.2) is 12.2 Å². The molecule has 1 aliphatic heterocycles. The Labute approximate surface area is 193 Å². The highest BCUT2D eigenvalue weighted by molar-refractivity contribution is 6.12. The monoisotopic (exact) mass is 477 g/mol. The number of hydrogen-bond acceptors (Lipinski definition) is 11. The first-order valence-corrected chi connectivity index (χ1v) is 10.8. The molecule has 33 heavy (non-hydrogen) atoms. The Kier molecular flexibility index (Phi) is 18.2. The predicted molar refractivity (Wildman–Crippen MR) is 114 cm³/mol. The van der Waals surface area contributed by atoms with Gasteiger partial charge >= 0.3 is 5.97 Å². The van der Waals surface area contributed by atoms with E-state index in [9.17, 15) is 14.4 Å². The van der Waals surface area contributed by atoms with Crippen molar-refractivity contribution in [2.75, 3.05) is 106 Å². The molecule has 2 amide bonds. The highest BCUT2D eigenvalue weighted by Gasteiger charge is 2.22. The Hall–Kier alpha value is -1.93. The maximum Gasteiger partial charge on any atom is 0.331 e. The van der Waals surface area contributed by atoms with Crippen LogP contribution in [0.3, 0.4) is 0 Å². The summed E-state index contributed by atoms with van der Waals surface area (Å²) in [7, 11) is 1.31. The lowest BCUT2D eigenvalue weighted by atomic mass is 10.5. The summed E-state index contributed by atoms with van der Waals surface area (Å²) >= 11 is 0. The second-order valence-corrected chi connectivity index (χ2v) is 6.46. The first-order chi connectivity index (χ1) is 16.1. The van der Waals surface area contributed by atoms with Gasteiger partial charge in [-0.25, -0.2) is 4.79 Å². The summed E-state index contributed by atoms with van der Waals surface area (Å²) in [4.78, 5) is 34.6. The van der Waals surface area contributed by atoms with Crippen LogP contribution in [0.1, 0.15) is 0 Å². The molecule has 0 aromatic heterocycles. The average Bonchev–Trinajstić information content (AvgIpc) is 3.14. The van der Waals surface area contributed by atoms with Gasteiger partial charge in [0.2, 0.25) is 0 Å². The zero-order chi connectivity index (χ0) is 24.0. The summed E-state index contributed by atoms with van der Waals surface area (Å²) in [6, 6.07) is 0. The highest BCUT2D eigenvalue weighted by atomic mass is 16.6. The average molecular weight is 478 g/mol. The zero-order valence-electron chi connectivity index (χ0n) is 19.2. The van der Waals surface area contributed by atoms with Gasteiger partial charge in [0.25, 0.3) is 11.8 Å². The molecule has 0 atom stereocenters. The number of amides is 2. The second kappa shape index (κ2) is 20.7. The van der Waals surface area contributed by atoms with Crippen molar-refractivity contribution in [3.63, 3.8) is 0 Å². The number of carbonyl (C=O) groups excluding carboxylic acids is 3. The normalized spacial score (nSPS) is 13.3. The van der Waals surface area contributed by atoms with Crippen LogP contribution in [-0.2, 0) is 52.3 Å². The number of nitrogens with zero attached hydrogens (tertiary/aromatic N) is 1. The first kappa shape index (κ1) is 29.1. The van der Waals surface area contributed by atoms with Crippen LogP contribution in [0.4, 0.5) is 0 Å². The number of hydrogen-bond donors (Lipinski definition) is 0. The molecule has 190 valence electrons. The van der Waals surface area contributed by atoms with Crippen molar-refractivity contribution in [3.05, 3.63) is 12.2 Å². The van der Waals surface area contributed by atoms with Gasteiger partial charge in [0.05, 0.1) is 99.5 Å². The van der Waals surface area contributed by atoms with E-state index in [0.717, 1.165) is 4.90 Å². The number of imide groups is 1. The van der Waals surface area contributed by atoms with E-state index in [4.69, 9.17) is 33.2 Å². The molecule has 12 nitrogen and oxygen atoms in total. The van der Waals surface area contributed by atoms with Crippen molar-refractivity contribution < 1.29 is 52.3 Å². The van der Waals surface area contributed by atoms with Crippen LogP contribution in [0, 0.1) is 0 Å². The Bertz CT molecular complexity index is 552. The Morgan fingerprint density at radius 2 is 0.939 bits per heavy atom. The molecule has 0 aromatic rings. The number of esters is 1. The summed E-state index contributed by atoms with van der Waals surface area (Å²) in [5.41, 5.74) is 0. The van der Waals surface area contributed by atoms with Crippen molar-refractivity contribution in [2.24, 2.45) is 0 Å². The van der Waals surface area contributed by atoms with E-state index in [-0.39, 0.29) is 31.6 Å². The standard InChI is InChI=1S/C21H35NO11/c1-26-21(25)18-33-17-16-32-15-14-31-13-12-30-11-10-29-9-8-28-7-6-27-5-4-22-19(23)2-3-20(22)24/h2-3H,4-18H2,1H3. The SMILES string of the molecule is COC(=O)COCCOCCOCCOCCOCCOCCOCCN1C(=O)C=CC1=O. The number of ether oxygens (including phenoxy) is 8. The minimum Gasteiger partial charge on any atom is -0.467 e. The predicted octanol–water partition coefficient (Wildman–Crippen LogP) is -0.799. The highest BCUT2D eigenvalue weighted by Crippen LogP contribution is 2.02. The lowest BCUT2D eigenvalue weighted by Gasteiger charge is -2.13. The Morgan fingerprint density at radius 3 is 1.30 bits per heavy atom. The quantitative estimate of drug-likeness (QED) is 0.104. The summed E-state index contributed by atoms with van der Waals surface area (Å²) in [5.74, 6) is -1.03. The number of rotatable bonds is 23. The molecule has 0 N–H and O–H groups in total. The third-order valence-corrected chi connectivity index (χ3v) is 4.04. The Morgan fingerprint density at radius 1 is 0.606 bits per heavy atom. The van der Waals surface area contributed by atoms with Crippen LogP contribution >= 0.6 is 0 Å². The molecule has 0 fully saturated rings. The van der Waals surface area contributed by atoms with Crippen LogP contribution in [0.5, 0.6) is 0 Å². The summed E-state index contributed by atoms with van der Waals surface area (Å²) in [6.07, 6.45) is 2.50. The van der Waals surface area contributed by atoms with Crippen molar-refractivity contribution in [1.29, 1.82) is 0 Å². The van der Waals surface area contributed by atoms with Crippen LogP contribution in [0.25, 0.3) is 0 Å². The lowest BCUT2D eigenvalue weighted by molar-refractivity contribution is -0.146. The summed E-state index contributed by atoms with van der Waals surface area (Å²) in [5, 5.41) is 0. The van der Waals surface area contributed by atoms with Gasteiger partial charge in [-0.15, -0.1) is 0 Å². The lowest BCUT2D eigenvalue weighted by Crippen LogP contribution is -2.33. The minimum absolute atomic E-state index is 0.0769. The largest absolute Gasteiger partial charge is 0.467 e. The van der Waals surface area contributed by atoms with E-state index in [2.05, 4.69) is 4.74 Å². The maximum absolute atomic E-state index is 11.3. The third-order valence-electron chi connectivity index (χ3n) is 4.04. The molecule has 1 aliphatic rings. The molecular weight excluding hydrogens is 442 g/mol. The van der Waals surface area contributed by atoms with E-state index in [1.807, 2.05) is 0 Å². The van der Waals surface area contributed by atoms with Gasteiger partial charge in [0, 0.05) is 12.2 Å². The van der Waals surface area contributed by atoms with Crippen molar-refractivity contribution in [1.82, 2.24) is 4.90 Å². The van der Waals surface area contributed by atoms with E-state index < -0.39 is 5.97 Å². The fourth-order valence-corrected chi connectivity index (χ4v) is 2.34. The van der Waals surface area contributed by atoms with Crippen LogP contribution in [-0.4, -0.2) is 129 Å². The van der Waals surface area contributed by atoms with E-state index >= 15 is 0 Å². The fraction of sp³-hybridized carbons (Fsp3) is 0.762. The minimum atomic E-state index is -0.415. The molecule has 0 aromatic carbocycles. The van der Waals surface area contributed by atoms with Gasteiger partial charge in [-0.05, 0) is 0 Å². The van der Waals surface area contributed by atoms with Crippen molar-refractivity contribution >= 4 is 17.8 Å². The van der Waals surface area contributed by atoms with Gasteiger partial charge in [-0.3, -0.25) is 14.5 Å². The molecule has 0 saturated heterocycles. The molecule has 0 aliphatic carbocycles. The Balaban J connectivity index is 1.68. The molecule has 0 unspecified atom stereocenters. The summed E-state index contributed by atoms with van der Waals surface area (Å²) in [6.45, 7) is 5.53. The molecule has 0 radical (unpaired) electrons. The maximum atomic E-state index is 11.3. The van der Waals surface area contributed by atoms with E-state index in [0.29, 0.717) is 79.3 Å². The van der Waals surface area contributed by atoms with Gasteiger partial charge in [-0.2, -0.15) is 0 Å². The van der Waals surface area contributed by atoms with Gasteiger partial charge < -0.3 is 37.9 Å². The van der Waals surface area contributed by atoms with Gasteiger partial charge in [0.15, 0.2) is 0 Å². The molecule has 0 spiro atoms. The van der Waals surface area contributed by atoms with Crippen LogP contribution in [0.2, 0.25) is 0 Å². The molecule has 1 rings (SSSR count). The first-order valence-electron chi connectivity index (χ1n) is 10.8. The smallest absolute Gasteiger partial charge is 0.331 e. The molecule has 0 bridgehead atoms. The molecule has 12 heteroatoms. The molecular formula is C21H35NO11. The number of carbonyl (C=O) groups is 3. The molecule has 1 heterocycles. The second-order valence-electron chi connectivity index (χ2n) is 6.46. The molecule has 0 saturated carbocycles. The summed E-state index contributed by atoms with van der Waals surface area (Å²) < 4.78 is 41.6.